The first-order valence-electron chi connectivity index (χ1n) is 11.1. The maximum absolute atomic E-state index is 12.8. The lowest BCUT2D eigenvalue weighted by Gasteiger charge is -2.33. The van der Waals surface area contributed by atoms with E-state index < -0.39 is 0 Å². The van der Waals surface area contributed by atoms with Crippen LogP contribution in [0, 0.1) is 6.92 Å². The van der Waals surface area contributed by atoms with E-state index in [9.17, 15) is 9.59 Å². The monoisotopic (exact) mass is 460 g/mol. The standard InChI is InChI=1S/C27H28N2O5/c1-18-20(15-26(30)32-3)7-6-8-23(18)28-27(31)19-11-13-21(14-12-19)33-17-22-16-29(2)24-9-4-5-10-25(24)34-22/h4-14,22H,15-17H2,1-3H3,(H,28,31)/t22-/m0/s1. The minimum absolute atomic E-state index is 0.0943. The number of esters is 1. The van der Waals surface area contributed by atoms with Crippen molar-refractivity contribution in [3.63, 3.8) is 0 Å². The average molecular weight is 461 g/mol. The number of carbonyl (C=O) groups excluding carboxylic acids is 2. The summed E-state index contributed by atoms with van der Waals surface area (Å²) < 4.78 is 16.7. The fourth-order valence-electron chi connectivity index (χ4n) is 3.90. The molecule has 3 aromatic carbocycles. The Balaban J connectivity index is 1.35. The van der Waals surface area contributed by atoms with Crippen LogP contribution in [-0.4, -0.2) is 45.3 Å². The number of methoxy groups -OCH3 is 1. The van der Waals surface area contributed by atoms with Crippen molar-refractivity contribution in [2.75, 3.05) is 37.5 Å². The van der Waals surface area contributed by atoms with Gasteiger partial charge in [0.05, 0.1) is 25.8 Å². The van der Waals surface area contributed by atoms with Gasteiger partial charge in [0.15, 0.2) is 0 Å². The van der Waals surface area contributed by atoms with Gasteiger partial charge in [-0.05, 0) is 60.5 Å². The molecule has 1 N–H and O–H groups in total. The zero-order valence-corrected chi connectivity index (χ0v) is 19.5. The molecule has 1 amide bonds. The van der Waals surface area contributed by atoms with Crippen LogP contribution < -0.4 is 19.7 Å². The zero-order chi connectivity index (χ0) is 24.1. The molecule has 0 bridgehead atoms. The van der Waals surface area contributed by atoms with Crippen molar-refractivity contribution in [1.82, 2.24) is 0 Å². The molecule has 176 valence electrons. The van der Waals surface area contributed by atoms with Gasteiger partial charge in [0.2, 0.25) is 0 Å². The molecule has 0 fully saturated rings. The number of likely N-dealkylation sites (N-methyl/N-ethyl adjacent to an activating group) is 1. The Morgan fingerprint density at radius 2 is 1.82 bits per heavy atom. The number of anilines is 2. The lowest BCUT2D eigenvalue weighted by atomic mass is 10.0. The van der Waals surface area contributed by atoms with E-state index in [0.29, 0.717) is 23.6 Å². The highest BCUT2D eigenvalue weighted by Gasteiger charge is 2.23. The van der Waals surface area contributed by atoms with Gasteiger partial charge in [-0.3, -0.25) is 9.59 Å². The molecule has 1 aliphatic rings. The van der Waals surface area contributed by atoms with E-state index in [1.165, 1.54) is 7.11 Å². The van der Waals surface area contributed by atoms with Crippen molar-refractivity contribution in [3.05, 3.63) is 83.4 Å². The first-order chi connectivity index (χ1) is 16.4. The number of para-hydroxylation sites is 2. The summed E-state index contributed by atoms with van der Waals surface area (Å²) in [7, 11) is 3.39. The van der Waals surface area contributed by atoms with Gasteiger partial charge in [0.1, 0.15) is 24.2 Å². The molecule has 0 saturated heterocycles. The minimum Gasteiger partial charge on any atom is -0.490 e. The SMILES string of the molecule is COC(=O)Cc1cccc(NC(=O)c2ccc(OC[C@@H]3CN(C)c4ccccc4O3)cc2)c1C. The number of rotatable bonds is 7. The lowest BCUT2D eigenvalue weighted by Crippen LogP contribution is -2.41. The molecule has 4 rings (SSSR count). The maximum atomic E-state index is 12.8. The highest BCUT2D eigenvalue weighted by Crippen LogP contribution is 2.32. The molecule has 0 spiro atoms. The van der Waals surface area contributed by atoms with E-state index >= 15 is 0 Å². The second-order valence-corrected chi connectivity index (χ2v) is 8.22. The molecule has 7 nitrogen and oxygen atoms in total. The molecule has 0 saturated carbocycles. The normalized spacial score (nSPS) is 14.6. The number of fused-ring (bicyclic) bond motifs is 1. The molecule has 7 heteroatoms. The first-order valence-corrected chi connectivity index (χ1v) is 11.1. The van der Waals surface area contributed by atoms with Crippen LogP contribution in [0.2, 0.25) is 0 Å². The number of hydrogen-bond donors (Lipinski definition) is 1. The van der Waals surface area contributed by atoms with E-state index in [2.05, 4.69) is 10.2 Å². The Kier molecular flexibility index (Phi) is 7.01. The van der Waals surface area contributed by atoms with Gasteiger partial charge >= 0.3 is 5.97 Å². The van der Waals surface area contributed by atoms with Crippen LogP contribution in [0.1, 0.15) is 21.5 Å². The van der Waals surface area contributed by atoms with Gasteiger partial charge in [0.25, 0.3) is 5.91 Å². The highest BCUT2D eigenvalue weighted by molar-refractivity contribution is 6.04. The number of nitrogens with one attached hydrogen (secondary N) is 1. The zero-order valence-electron chi connectivity index (χ0n) is 19.5. The number of ether oxygens (including phenoxy) is 3. The van der Waals surface area contributed by atoms with Gasteiger partial charge in [0, 0.05) is 18.3 Å². The highest BCUT2D eigenvalue weighted by atomic mass is 16.5. The molecule has 0 aromatic heterocycles. The Bertz CT molecular complexity index is 1180. The molecular weight excluding hydrogens is 432 g/mol. The first kappa shape index (κ1) is 23.2. The summed E-state index contributed by atoms with van der Waals surface area (Å²) in [6.45, 7) is 3.00. The molecule has 0 radical (unpaired) electrons. The van der Waals surface area contributed by atoms with Crippen molar-refractivity contribution >= 4 is 23.3 Å². The van der Waals surface area contributed by atoms with Gasteiger partial charge in [-0.1, -0.05) is 24.3 Å². The summed E-state index contributed by atoms with van der Waals surface area (Å²) in [5.74, 6) is 0.955. The molecular formula is C27H28N2O5. The topological polar surface area (TPSA) is 77.1 Å². The predicted octanol–water partition coefficient (Wildman–Crippen LogP) is 4.24. The quantitative estimate of drug-likeness (QED) is 0.532. The van der Waals surface area contributed by atoms with E-state index in [-0.39, 0.29) is 24.4 Å². The maximum Gasteiger partial charge on any atom is 0.309 e. The van der Waals surface area contributed by atoms with Gasteiger partial charge < -0.3 is 24.4 Å². The number of benzene rings is 3. The van der Waals surface area contributed by atoms with Crippen molar-refractivity contribution in [2.24, 2.45) is 0 Å². The van der Waals surface area contributed by atoms with Gasteiger partial charge in [-0.2, -0.15) is 0 Å². The average Bonchev–Trinajstić information content (AvgIpc) is 2.85. The summed E-state index contributed by atoms with van der Waals surface area (Å²) >= 11 is 0. The number of hydrogen-bond acceptors (Lipinski definition) is 6. The molecule has 0 aliphatic carbocycles. The molecule has 0 unspecified atom stereocenters. The largest absolute Gasteiger partial charge is 0.490 e. The van der Waals surface area contributed by atoms with Crippen molar-refractivity contribution < 1.29 is 23.8 Å². The van der Waals surface area contributed by atoms with Gasteiger partial charge in [-0.25, -0.2) is 0 Å². The Morgan fingerprint density at radius 1 is 1.06 bits per heavy atom. The third-order valence-corrected chi connectivity index (χ3v) is 5.86. The lowest BCUT2D eigenvalue weighted by molar-refractivity contribution is -0.139. The number of amides is 1. The van der Waals surface area contributed by atoms with Crippen LogP contribution in [0.15, 0.2) is 66.7 Å². The summed E-state index contributed by atoms with van der Waals surface area (Å²) in [6, 6.07) is 20.4. The van der Waals surface area contributed by atoms with Crippen LogP contribution in [0.4, 0.5) is 11.4 Å². The molecule has 1 aliphatic heterocycles. The second-order valence-electron chi connectivity index (χ2n) is 8.22. The van der Waals surface area contributed by atoms with Crippen molar-refractivity contribution in [3.8, 4) is 11.5 Å². The van der Waals surface area contributed by atoms with E-state index in [1.54, 1.807) is 30.3 Å². The Morgan fingerprint density at radius 3 is 2.59 bits per heavy atom. The van der Waals surface area contributed by atoms with Crippen LogP contribution in [0.25, 0.3) is 0 Å². The summed E-state index contributed by atoms with van der Waals surface area (Å²) in [4.78, 5) is 26.5. The van der Waals surface area contributed by atoms with E-state index in [1.807, 2.05) is 50.4 Å². The van der Waals surface area contributed by atoms with E-state index in [4.69, 9.17) is 14.2 Å². The van der Waals surface area contributed by atoms with Crippen LogP contribution >= 0.6 is 0 Å². The molecule has 3 aromatic rings. The van der Waals surface area contributed by atoms with Crippen LogP contribution in [-0.2, 0) is 16.0 Å². The Hall–Kier alpha value is -4.00. The number of nitrogens with zero attached hydrogens (tertiary/aromatic N) is 1. The summed E-state index contributed by atoms with van der Waals surface area (Å²) in [5, 5.41) is 2.92. The summed E-state index contributed by atoms with van der Waals surface area (Å²) in [6.07, 6.45) is 0.0626. The molecule has 1 heterocycles. The van der Waals surface area contributed by atoms with Crippen LogP contribution in [0.5, 0.6) is 11.5 Å². The fraction of sp³-hybridized carbons (Fsp3) is 0.259. The van der Waals surface area contributed by atoms with Crippen molar-refractivity contribution in [1.29, 1.82) is 0 Å². The third kappa shape index (κ3) is 5.31. The molecule has 34 heavy (non-hydrogen) atoms. The fourth-order valence-corrected chi connectivity index (χ4v) is 3.90. The number of carbonyl (C=O) groups is 2. The molecule has 1 atom stereocenters. The van der Waals surface area contributed by atoms with Crippen molar-refractivity contribution in [2.45, 2.75) is 19.4 Å². The van der Waals surface area contributed by atoms with Gasteiger partial charge in [-0.15, -0.1) is 0 Å². The van der Waals surface area contributed by atoms with E-state index in [0.717, 1.165) is 29.1 Å². The Labute approximate surface area is 199 Å². The summed E-state index contributed by atoms with van der Waals surface area (Å²) in [5.41, 5.74) is 3.88. The second kappa shape index (κ2) is 10.3. The predicted molar refractivity (Wildman–Crippen MR) is 131 cm³/mol. The minimum atomic E-state index is -0.323. The third-order valence-electron chi connectivity index (χ3n) is 5.86. The smallest absolute Gasteiger partial charge is 0.309 e. The van der Waals surface area contributed by atoms with Crippen LogP contribution in [0.3, 0.4) is 0 Å².